The number of nitrogens with one attached hydrogen (secondary N) is 1. The molecule has 3 rings (SSSR count). The number of anilines is 1. The predicted octanol–water partition coefficient (Wildman–Crippen LogP) is 4.95. The number of allylic oxidation sites excluding steroid dienone is 2. The van der Waals surface area contributed by atoms with Gasteiger partial charge in [-0.25, -0.2) is 0 Å². The second kappa shape index (κ2) is 9.51. The SMILES string of the molecule is COc1cc(C)ccc1NC(=S)N(Cc1cccnc1)CC1CC=CCC1. The first-order chi connectivity index (χ1) is 13.2. The number of aromatic nitrogens is 1. The van der Waals surface area contributed by atoms with E-state index in [0.29, 0.717) is 5.92 Å². The first-order valence-electron chi connectivity index (χ1n) is 9.40. The van der Waals surface area contributed by atoms with Crippen molar-refractivity contribution in [1.82, 2.24) is 9.88 Å². The van der Waals surface area contributed by atoms with Crippen LogP contribution in [-0.4, -0.2) is 28.7 Å². The second-order valence-electron chi connectivity index (χ2n) is 7.03. The largest absolute Gasteiger partial charge is 0.495 e. The summed E-state index contributed by atoms with van der Waals surface area (Å²) >= 11 is 5.79. The van der Waals surface area contributed by atoms with E-state index in [1.54, 1.807) is 13.3 Å². The van der Waals surface area contributed by atoms with Crippen molar-refractivity contribution in [3.05, 3.63) is 66.0 Å². The van der Waals surface area contributed by atoms with E-state index in [4.69, 9.17) is 17.0 Å². The summed E-state index contributed by atoms with van der Waals surface area (Å²) in [7, 11) is 1.69. The first kappa shape index (κ1) is 19.4. The third-order valence-electron chi connectivity index (χ3n) is 4.84. The van der Waals surface area contributed by atoms with Crippen molar-refractivity contribution in [3.63, 3.8) is 0 Å². The minimum absolute atomic E-state index is 0.617. The van der Waals surface area contributed by atoms with Gasteiger partial charge in [-0.2, -0.15) is 0 Å². The zero-order valence-corrected chi connectivity index (χ0v) is 16.8. The highest BCUT2D eigenvalue weighted by Gasteiger charge is 2.19. The molecule has 1 aromatic carbocycles. The molecular formula is C22H27N3OS. The lowest BCUT2D eigenvalue weighted by Gasteiger charge is -2.31. The Morgan fingerprint density at radius 1 is 1.33 bits per heavy atom. The highest BCUT2D eigenvalue weighted by molar-refractivity contribution is 7.80. The van der Waals surface area contributed by atoms with Crippen molar-refractivity contribution in [3.8, 4) is 5.75 Å². The molecular weight excluding hydrogens is 354 g/mol. The molecule has 1 unspecified atom stereocenters. The van der Waals surface area contributed by atoms with E-state index in [9.17, 15) is 0 Å². The molecule has 142 valence electrons. The molecule has 4 nitrogen and oxygen atoms in total. The fourth-order valence-electron chi connectivity index (χ4n) is 3.36. The van der Waals surface area contributed by atoms with Crippen LogP contribution in [0.15, 0.2) is 54.9 Å². The number of ether oxygens (including phenoxy) is 1. The molecule has 0 spiro atoms. The van der Waals surface area contributed by atoms with Crippen LogP contribution < -0.4 is 10.1 Å². The number of pyridine rings is 1. The standard InChI is InChI=1S/C22H27N3OS/c1-17-10-11-20(21(13-17)26-2)24-22(27)25(15-18-7-4-3-5-8-18)16-19-9-6-12-23-14-19/h3-4,6,9-14,18H,5,7-8,15-16H2,1-2H3,(H,24,27). The Labute approximate surface area is 167 Å². The van der Waals surface area contributed by atoms with Crippen LogP contribution in [0.5, 0.6) is 5.75 Å². The minimum atomic E-state index is 0.617. The quantitative estimate of drug-likeness (QED) is 0.566. The third kappa shape index (κ3) is 5.54. The van der Waals surface area contributed by atoms with Gasteiger partial charge in [-0.15, -0.1) is 0 Å². The Bertz CT molecular complexity index is 791. The summed E-state index contributed by atoms with van der Waals surface area (Å²) in [5.41, 5.74) is 3.21. The Hall–Kier alpha value is -2.40. The maximum Gasteiger partial charge on any atom is 0.173 e. The number of hydrogen-bond acceptors (Lipinski definition) is 3. The first-order valence-corrected chi connectivity index (χ1v) is 9.81. The summed E-state index contributed by atoms with van der Waals surface area (Å²) in [4.78, 5) is 6.49. The molecule has 0 amide bonds. The molecule has 1 N–H and O–H groups in total. The van der Waals surface area contributed by atoms with Crippen LogP contribution in [0, 0.1) is 12.8 Å². The maximum absolute atomic E-state index is 5.79. The molecule has 0 saturated carbocycles. The summed E-state index contributed by atoms with van der Waals surface area (Å²) in [5.74, 6) is 1.42. The molecule has 0 radical (unpaired) electrons. The number of methoxy groups -OCH3 is 1. The number of rotatable bonds is 6. The van der Waals surface area contributed by atoms with Crippen LogP contribution in [0.4, 0.5) is 5.69 Å². The summed E-state index contributed by atoms with van der Waals surface area (Å²) in [6, 6.07) is 10.2. The Balaban J connectivity index is 1.76. The number of hydrogen-bond donors (Lipinski definition) is 1. The zero-order valence-electron chi connectivity index (χ0n) is 16.0. The molecule has 1 aliphatic carbocycles. The van der Waals surface area contributed by atoms with E-state index in [-0.39, 0.29) is 0 Å². The van der Waals surface area contributed by atoms with Gasteiger partial charge in [0, 0.05) is 25.5 Å². The summed E-state index contributed by atoms with van der Waals surface area (Å²) in [6.45, 7) is 3.73. The topological polar surface area (TPSA) is 37.4 Å². The number of thiocarbonyl (C=S) groups is 1. The van der Waals surface area contributed by atoms with E-state index in [1.165, 1.54) is 6.42 Å². The minimum Gasteiger partial charge on any atom is -0.495 e. The zero-order chi connectivity index (χ0) is 19.1. The second-order valence-corrected chi connectivity index (χ2v) is 7.41. The summed E-state index contributed by atoms with van der Waals surface area (Å²) in [5, 5.41) is 4.11. The molecule has 2 aromatic rings. The van der Waals surface area contributed by atoms with Gasteiger partial charge < -0.3 is 15.0 Å². The van der Waals surface area contributed by atoms with Crippen molar-refractivity contribution in [2.45, 2.75) is 32.7 Å². The lowest BCUT2D eigenvalue weighted by atomic mass is 9.94. The van der Waals surface area contributed by atoms with Crippen molar-refractivity contribution < 1.29 is 4.74 Å². The van der Waals surface area contributed by atoms with Crippen molar-refractivity contribution in [1.29, 1.82) is 0 Å². The number of aryl methyl sites for hydroxylation is 1. The van der Waals surface area contributed by atoms with Crippen LogP contribution in [0.2, 0.25) is 0 Å². The third-order valence-corrected chi connectivity index (χ3v) is 5.20. The van der Waals surface area contributed by atoms with Crippen LogP contribution in [0.3, 0.4) is 0 Å². The van der Waals surface area contributed by atoms with Gasteiger partial charge in [0.15, 0.2) is 5.11 Å². The van der Waals surface area contributed by atoms with E-state index in [2.05, 4.69) is 46.4 Å². The average Bonchev–Trinajstić information content (AvgIpc) is 2.70. The molecule has 0 aliphatic heterocycles. The van der Waals surface area contributed by atoms with Gasteiger partial charge in [0.1, 0.15) is 5.75 Å². The molecule has 27 heavy (non-hydrogen) atoms. The van der Waals surface area contributed by atoms with Crippen molar-refractivity contribution >= 4 is 23.0 Å². The Morgan fingerprint density at radius 3 is 2.93 bits per heavy atom. The molecule has 1 aromatic heterocycles. The Morgan fingerprint density at radius 2 is 2.22 bits per heavy atom. The monoisotopic (exact) mass is 381 g/mol. The molecule has 0 bridgehead atoms. The predicted molar refractivity (Wildman–Crippen MR) is 115 cm³/mol. The number of benzene rings is 1. The van der Waals surface area contributed by atoms with Gasteiger partial charge in [-0.1, -0.05) is 24.3 Å². The van der Waals surface area contributed by atoms with E-state index in [0.717, 1.165) is 53.6 Å². The van der Waals surface area contributed by atoms with Crippen LogP contribution in [0.1, 0.15) is 30.4 Å². The average molecular weight is 382 g/mol. The molecule has 1 atom stereocenters. The summed E-state index contributed by atoms with van der Waals surface area (Å²) in [6.07, 6.45) is 11.7. The normalized spacial score (nSPS) is 16.0. The Kier molecular flexibility index (Phi) is 6.82. The molecule has 0 fully saturated rings. The van der Waals surface area contributed by atoms with Crippen molar-refractivity contribution in [2.24, 2.45) is 5.92 Å². The van der Waals surface area contributed by atoms with Crippen LogP contribution >= 0.6 is 12.2 Å². The van der Waals surface area contributed by atoms with E-state index in [1.807, 2.05) is 24.4 Å². The molecule has 1 heterocycles. The van der Waals surface area contributed by atoms with Crippen molar-refractivity contribution in [2.75, 3.05) is 19.0 Å². The lowest BCUT2D eigenvalue weighted by molar-refractivity contribution is 0.318. The molecule has 0 saturated heterocycles. The maximum atomic E-state index is 5.79. The van der Waals surface area contributed by atoms with Gasteiger partial charge in [-0.3, -0.25) is 4.98 Å². The number of nitrogens with zero attached hydrogens (tertiary/aromatic N) is 2. The van der Waals surface area contributed by atoms with E-state index < -0.39 is 0 Å². The highest BCUT2D eigenvalue weighted by atomic mass is 32.1. The smallest absolute Gasteiger partial charge is 0.173 e. The van der Waals surface area contributed by atoms with Crippen LogP contribution in [0.25, 0.3) is 0 Å². The highest BCUT2D eigenvalue weighted by Crippen LogP contribution is 2.26. The fourth-order valence-corrected chi connectivity index (χ4v) is 3.61. The van der Waals surface area contributed by atoms with Gasteiger partial charge in [0.2, 0.25) is 0 Å². The van der Waals surface area contributed by atoms with Gasteiger partial charge in [0.05, 0.1) is 12.8 Å². The van der Waals surface area contributed by atoms with Gasteiger partial charge >= 0.3 is 0 Å². The van der Waals surface area contributed by atoms with Crippen LogP contribution in [-0.2, 0) is 6.54 Å². The van der Waals surface area contributed by atoms with Gasteiger partial charge in [0.25, 0.3) is 0 Å². The molecule has 5 heteroatoms. The lowest BCUT2D eigenvalue weighted by Crippen LogP contribution is -2.38. The molecule has 1 aliphatic rings. The van der Waals surface area contributed by atoms with E-state index >= 15 is 0 Å². The fraction of sp³-hybridized carbons (Fsp3) is 0.364. The van der Waals surface area contributed by atoms with Gasteiger partial charge in [-0.05, 0) is 73.6 Å². The summed E-state index contributed by atoms with van der Waals surface area (Å²) < 4.78 is 5.52.